The molecule has 0 aliphatic carbocycles. The molecule has 1 aromatic heterocycles. The zero-order valence-electron chi connectivity index (χ0n) is 69.9. The van der Waals surface area contributed by atoms with Gasteiger partial charge in [-0.25, -0.2) is 17.6 Å². The second-order valence-electron chi connectivity index (χ2n) is 31.8. The summed E-state index contributed by atoms with van der Waals surface area (Å²) in [7, 11) is 0. The van der Waals surface area contributed by atoms with Crippen LogP contribution in [0.3, 0.4) is 0 Å². The monoisotopic (exact) mass is 1660 g/mol. The minimum Gasteiger partial charge on any atom is -0.486 e. The van der Waals surface area contributed by atoms with Gasteiger partial charge in [-0.3, -0.25) is 14.7 Å². The molecule has 4 unspecified atom stereocenters. The Bertz CT molecular complexity index is 5200. The molecule has 0 radical (unpaired) electrons. The molecule has 18 heteroatoms. The van der Waals surface area contributed by atoms with Gasteiger partial charge in [-0.15, -0.1) is 0 Å². The summed E-state index contributed by atoms with van der Waals surface area (Å²) in [5.41, 5.74) is 12.9. The van der Waals surface area contributed by atoms with Crippen molar-refractivity contribution in [2.24, 2.45) is 0 Å². The maximum absolute atomic E-state index is 13.3. The summed E-state index contributed by atoms with van der Waals surface area (Å²) < 4.78 is 83.6. The Morgan fingerprint density at radius 1 is 0.336 bits per heavy atom. The van der Waals surface area contributed by atoms with Crippen LogP contribution in [0.1, 0.15) is 108 Å². The van der Waals surface area contributed by atoms with Crippen molar-refractivity contribution in [1.29, 1.82) is 0 Å². The standard InChI is InChI=1S/C28H29FN2O2.C26H29FN2O.C25H26ClFN2O.C25H27FN2O/c1-20-7-12-25-27(19-20)33-30-28(25)22-13-16-31(17-14-22)18-15-26(21-5-3-2-4-6-21)32-24-10-8-23(29)9-11-24;1-21-7-5-6-10-25(21)29-19-17-28(18-20-29)16-15-26(22-8-3-2-4-9-22)30-24-13-11-23(27)12-14-24;26-21-7-4-8-23(19-21)29-17-15-28(16-18-29)14-13-25(20-5-2-1-3-6-20)30-24-11-9-22(27)10-12-24;26-22-11-13-24(14-12-22)29-25(21-7-3-1-4-8-21)15-16-27-17-19-28(20-18-27)23-9-5-2-6-10-23/h2-12,19,22,26H,13-18H2,1H3;2-14,26H,15-20H2,1H3;1-12,19,25H,13-18H2;1-14,25H,15-20H2. The van der Waals surface area contributed by atoms with Crippen molar-refractivity contribution in [2.45, 2.75) is 82.7 Å². The van der Waals surface area contributed by atoms with Crippen molar-refractivity contribution in [3.05, 3.63) is 383 Å². The van der Waals surface area contributed by atoms with Crippen molar-refractivity contribution in [2.75, 3.05) is 133 Å². The second kappa shape index (κ2) is 44.9. The molecule has 13 aromatic rings. The van der Waals surface area contributed by atoms with E-state index in [1.165, 1.54) is 76.7 Å². The molecule has 0 saturated carbocycles. The van der Waals surface area contributed by atoms with Crippen LogP contribution in [-0.2, 0) is 0 Å². The van der Waals surface area contributed by atoms with Gasteiger partial charge in [0.15, 0.2) is 5.58 Å². The molecular formula is C104H111ClF4N8O5. The Morgan fingerprint density at radius 2 is 0.664 bits per heavy atom. The number of nitrogens with zero attached hydrogens (tertiary/aromatic N) is 8. The molecule has 4 atom stereocenters. The molecule has 122 heavy (non-hydrogen) atoms. The van der Waals surface area contributed by atoms with Crippen LogP contribution in [0.15, 0.2) is 320 Å². The Balaban J connectivity index is 0.000000133. The van der Waals surface area contributed by atoms with Crippen LogP contribution in [0.4, 0.5) is 34.6 Å². The highest BCUT2D eigenvalue weighted by molar-refractivity contribution is 6.30. The molecule has 0 N–H and O–H groups in total. The number of fused-ring (bicyclic) bond motifs is 1. The predicted molar refractivity (Wildman–Crippen MR) is 486 cm³/mol. The second-order valence-corrected chi connectivity index (χ2v) is 32.2. The van der Waals surface area contributed by atoms with Crippen molar-refractivity contribution in [3.8, 4) is 23.0 Å². The molecule has 5 heterocycles. The van der Waals surface area contributed by atoms with E-state index in [2.05, 4.69) is 181 Å². The van der Waals surface area contributed by atoms with E-state index < -0.39 is 0 Å². The number of para-hydroxylation sites is 2. The van der Waals surface area contributed by atoms with Crippen LogP contribution in [0.25, 0.3) is 11.0 Å². The fourth-order valence-corrected chi connectivity index (χ4v) is 16.6. The van der Waals surface area contributed by atoms with Crippen LogP contribution < -0.4 is 33.6 Å². The number of rotatable bonds is 28. The SMILES string of the molecule is Cc1ccc2c(C3CCN(CCC(Oc4ccc(F)cc4)c4ccccc4)CC3)noc2c1.Cc1ccccc1N1CCN(CCC(Oc2ccc(F)cc2)c2ccccc2)CC1.Fc1ccc(OC(CCN2CCN(c3cccc(Cl)c3)CC2)c2ccccc2)cc1.Fc1ccc(OC(CCN2CCN(c3ccccc3)CC2)c2ccccc2)cc1. The third kappa shape index (κ3) is 26.1. The summed E-state index contributed by atoms with van der Waals surface area (Å²) in [5.74, 6) is 2.23. The number of likely N-dealkylation sites (tertiary alicyclic amines) is 1. The van der Waals surface area contributed by atoms with E-state index >= 15 is 0 Å². The Morgan fingerprint density at radius 3 is 1.03 bits per heavy atom. The highest BCUT2D eigenvalue weighted by Crippen LogP contribution is 2.36. The summed E-state index contributed by atoms with van der Waals surface area (Å²) >= 11 is 6.14. The first-order valence-corrected chi connectivity index (χ1v) is 43.4. The van der Waals surface area contributed by atoms with E-state index in [1.54, 1.807) is 48.5 Å². The van der Waals surface area contributed by atoms with Gasteiger partial charge in [0.2, 0.25) is 0 Å². The third-order valence-corrected chi connectivity index (χ3v) is 23.6. The maximum atomic E-state index is 13.3. The third-order valence-electron chi connectivity index (χ3n) is 23.4. The first kappa shape index (κ1) is 86.9. The topological polar surface area (TPSA) is 85.6 Å². The number of aromatic nitrogens is 1. The van der Waals surface area contributed by atoms with E-state index in [1.807, 2.05) is 91.0 Å². The minimum atomic E-state index is -0.254. The van der Waals surface area contributed by atoms with Gasteiger partial charge in [-0.1, -0.05) is 187 Å². The van der Waals surface area contributed by atoms with Crippen molar-refractivity contribution >= 4 is 39.6 Å². The molecule has 13 nitrogen and oxygen atoms in total. The number of piperazine rings is 3. The lowest BCUT2D eigenvalue weighted by atomic mass is 9.91. The van der Waals surface area contributed by atoms with Crippen LogP contribution in [0.5, 0.6) is 23.0 Å². The zero-order chi connectivity index (χ0) is 84.0. The number of halogens is 5. The van der Waals surface area contributed by atoms with E-state index in [4.69, 9.17) is 35.1 Å². The van der Waals surface area contributed by atoms with Gasteiger partial charge in [-0.2, -0.15) is 0 Å². The van der Waals surface area contributed by atoms with Gasteiger partial charge in [-0.05, 0) is 219 Å². The maximum Gasteiger partial charge on any atom is 0.167 e. The molecular weight excluding hydrogens is 1550 g/mol. The van der Waals surface area contributed by atoms with Gasteiger partial charge < -0.3 is 43.1 Å². The summed E-state index contributed by atoms with van der Waals surface area (Å²) in [5, 5.41) is 6.34. The lowest BCUT2D eigenvalue weighted by molar-refractivity contribution is 0.147. The number of aryl methyl sites for hydroxylation is 2. The number of hydrogen-bond donors (Lipinski definition) is 0. The first-order valence-electron chi connectivity index (χ1n) is 43.0. The largest absolute Gasteiger partial charge is 0.486 e. The van der Waals surface area contributed by atoms with Gasteiger partial charge in [0.25, 0.3) is 0 Å². The van der Waals surface area contributed by atoms with Crippen molar-refractivity contribution in [3.63, 3.8) is 0 Å². The van der Waals surface area contributed by atoms with Gasteiger partial charge >= 0.3 is 0 Å². The van der Waals surface area contributed by atoms with Crippen molar-refractivity contribution in [1.82, 2.24) is 24.8 Å². The van der Waals surface area contributed by atoms with E-state index in [-0.39, 0.29) is 47.7 Å². The molecule has 0 bridgehead atoms. The predicted octanol–water partition coefficient (Wildman–Crippen LogP) is 23.1. The van der Waals surface area contributed by atoms with Crippen LogP contribution in [-0.4, -0.2) is 143 Å². The number of piperidine rings is 1. The number of benzene rings is 12. The van der Waals surface area contributed by atoms with Gasteiger partial charge in [0.1, 0.15) is 70.7 Å². The summed E-state index contributed by atoms with van der Waals surface area (Å²) in [4.78, 5) is 17.3. The zero-order valence-corrected chi connectivity index (χ0v) is 70.6. The molecule has 632 valence electrons. The fourth-order valence-electron chi connectivity index (χ4n) is 16.4. The van der Waals surface area contributed by atoms with Crippen LogP contribution in [0, 0.1) is 37.1 Å². The fraction of sp³-hybridized carbons (Fsp3) is 0.298. The first-order chi connectivity index (χ1) is 59.8. The molecule has 4 fully saturated rings. The molecule has 4 aliphatic heterocycles. The Hall–Kier alpha value is -11.4. The summed E-state index contributed by atoms with van der Waals surface area (Å²) in [6.45, 7) is 22.5. The minimum absolute atomic E-state index is 0.0474. The average molecular weight is 1660 g/mol. The van der Waals surface area contributed by atoms with E-state index in [0.717, 1.165) is 200 Å². The molecule has 12 aromatic carbocycles. The van der Waals surface area contributed by atoms with Gasteiger partial charge in [0, 0.05) is 164 Å². The number of hydrogen-bond acceptors (Lipinski definition) is 13. The lowest BCUT2D eigenvalue weighted by Gasteiger charge is -2.37. The van der Waals surface area contributed by atoms with E-state index in [0.29, 0.717) is 28.9 Å². The molecule has 0 amide bonds. The quantitative estimate of drug-likeness (QED) is 0.0437. The molecule has 4 aliphatic rings. The van der Waals surface area contributed by atoms with E-state index in [9.17, 15) is 17.6 Å². The van der Waals surface area contributed by atoms with Crippen LogP contribution >= 0.6 is 11.6 Å². The highest BCUT2D eigenvalue weighted by atomic mass is 35.5. The smallest absolute Gasteiger partial charge is 0.167 e. The average Bonchev–Trinajstić information content (AvgIpc) is 1.62. The summed E-state index contributed by atoms with van der Waals surface area (Å²) in [6, 6.07) is 99.8. The normalized spacial score (nSPS) is 15.9. The van der Waals surface area contributed by atoms with Crippen molar-refractivity contribution < 1.29 is 41.0 Å². The summed E-state index contributed by atoms with van der Waals surface area (Å²) in [6.07, 6.45) is 5.45. The lowest BCUT2D eigenvalue weighted by Crippen LogP contribution is -2.47. The highest BCUT2D eigenvalue weighted by Gasteiger charge is 2.29. The molecule has 0 spiro atoms. The Labute approximate surface area is 722 Å². The van der Waals surface area contributed by atoms with Crippen LogP contribution in [0.2, 0.25) is 5.02 Å². The molecule has 4 saturated heterocycles. The number of anilines is 3. The van der Waals surface area contributed by atoms with Gasteiger partial charge in [0.05, 0.1) is 5.69 Å². The Kier molecular flexibility index (Phi) is 32.0. The molecule has 17 rings (SSSR count). The number of ether oxygens (including phenoxy) is 4.